The number of aryl methyl sites for hydroxylation is 2. The van der Waals surface area contributed by atoms with E-state index in [4.69, 9.17) is 4.74 Å². The second kappa shape index (κ2) is 8.82. The number of Topliss-reactive ketones (excluding diaryl/α,β-unsaturated/α-hetero) is 1. The minimum atomic E-state index is -0.528. The van der Waals surface area contributed by atoms with Crippen LogP contribution in [0.25, 0.3) is 0 Å². The molecule has 5 heteroatoms. The van der Waals surface area contributed by atoms with Crippen LogP contribution in [0.1, 0.15) is 59.3 Å². The van der Waals surface area contributed by atoms with Gasteiger partial charge >= 0.3 is 5.97 Å². The summed E-state index contributed by atoms with van der Waals surface area (Å²) in [5.74, 6) is -1.26. The van der Waals surface area contributed by atoms with Gasteiger partial charge in [0.15, 0.2) is 12.4 Å². The monoisotopic (exact) mass is 405 g/mol. The summed E-state index contributed by atoms with van der Waals surface area (Å²) in [6.45, 7) is 2.00. The Kier molecular flexibility index (Phi) is 5.98. The van der Waals surface area contributed by atoms with Crippen LogP contribution < -0.4 is 0 Å². The van der Waals surface area contributed by atoms with Crippen LogP contribution in [0.2, 0.25) is 0 Å². The molecule has 5 nitrogen and oxygen atoms in total. The second-order valence-corrected chi connectivity index (χ2v) is 8.26. The second-order valence-electron chi connectivity index (χ2n) is 8.26. The minimum absolute atomic E-state index is 0.0608. The van der Waals surface area contributed by atoms with E-state index >= 15 is 0 Å². The number of hydrogen-bond acceptors (Lipinski definition) is 4. The molecule has 1 fully saturated rings. The van der Waals surface area contributed by atoms with Crippen molar-refractivity contribution in [3.63, 3.8) is 0 Å². The third kappa shape index (κ3) is 4.30. The first-order valence-electron chi connectivity index (χ1n) is 10.7. The summed E-state index contributed by atoms with van der Waals surface area (Å²) >= 11 is 0. The lowest BCUT2D eigenvalue weighted by molar-refractivity contribution is -0.147. The molecule has 1 aliphatic heterocycles. The number of rotatable bonds is 6. The Balaban J connectivity index is 1.33. The molecule has 0 N–H and O–H groups in total. The SMILES string of the molecule is C[C@@H](c1ccccc1)N1C[C@H](C(=O)OCC(=O)c2ccc3c(c2)CCCC3)CC1=O. The van der Waals surface area contributed by atoms with Crippen LogP contribution in [-0.4, -0.2) is 35.7 Å². The standard InChI is InChI=1S/C25H27NO4/c1-17(18-7-3-2-4-8-18)26-15-22(14-24(26)28)25(29)30-16-23(27)21-12-11-19-9-5-6-10-20(19)13-21/h2-4,7-8,11-13,17,22H,5-6,9-10,14-16H2,1H3/t17-,22+/m0/s1. The largest absolute Gasteiger partial charge is 0.457 e. The van der Waals surface area contributed by atoms with Gasteiger partial charge in [-0.15, -0.1) is 0 Å². The fraction of sp³-hybridized carbons (Fsp3) is 0.400. The van der Waals surface area contributed by atoms with Crippen LogP contribution >= 0.6 is 0 Å². The van der Waals surface area contributed by atoms with E-state index in [2.05, 4.69) is 0 Å². The molecule has 2 aliphatic rings. The fourth-order valence-corrected chi connectivity index (χ4v) is 4.42. The van der Waals surface area contributed by atoms with Crippen molar-refractivity contribution in [1.29, 1.82) is 0 Å². The van der Waals surface area contributed by atoms with E-state index in [-0.39, 0.29) is 30.8 Å². The topological polar surface area (TPSA) is 63.7 Å². The van der Waals surface area contributed by atoms with Gasteiger partial charge in [0.25, 0.3) is 0 Å². The van der Waals surface area contributed by atoms with Gasteiger partial charge in [-0.05, 0) is 55.4 Å². The Labute approximate surface area is 177 Å². The number of hydrogen-bond donors (Lipinski definition) is 0. The van der Waals surface area contributed by atoms with E-state index < -0.39 is 11.9 Å². The van der Waals surface area contributed by atoms with Gasteiger partial charge in [0.2, 0.25) is 5.91 Å². The van der Waals surface area contributed by atoms with Gasteiger partial charge in [-0.2, -0.15) is 0 Å². The maximum Gasteiger partial charge on any atom is 0.311 e. The Hall–Kier alpha value is -2.95. The summed E-state index contributed by atoms with van der Waals surface area (Å²) < 4.78 is 5.30. The van der Waals surface area contributed by atoms with E-state index in [0.717, 1.165) is 24.8 Å². The van der Waals surface area contributed by atoms with Crippen LogP contribution in [-0.2, 0) is 27.2 Å². The summed E-state index contributed by atoms with van der Waals surface area (Å²) in [4.78, 5) is 39.2. The van der Waals surface area contributed by atoms with E-state index in [9.17, 15) is 14.4 Å². The van der Waals surface area contributed by atoms with Crippen molar-refractivity contribution in [2.45, 2.75) is 45.1 Å². The third-order valence-corrected chi connectivity index (χ3v) is 6.26. The molecule has 2 aromatic rings. The molecular formula is C25H27NO4. The Morgan fingerprint density at radius 3 is 2.57 bits per heavy atom. The van der Waals surface area contributed by atoms with Crippen LogP contribution in [0.4, 0.5) is 0 Å². The number of benzene rings is 2. The fourth-order valence-electron chi connectivity index (χ4n) is 4.42. The van der Waals surface area contributed by atoms with E-state index in [1.165, 1.54) is 17.5 Å². The quantitative estimate of drug-likeness (QED) is 0.540. The number of carbonyl (C=O) groups is 3. The summed E-state index contributed by atoms with van der Waals surface area (Å²) in [6.07, 6.45) is 4.52. The normalized spacial score (nSPS) is 19.3. The van der Waals surface area contributed by atoms with Gasteiger partial charge in [0, 0.05) is 18.5 Å². The van der Waals surface area contributed by atoms with E-state index in [0.29, 0.717) is 12.1 Å². The van der Waals surface area contributed by atoms with Crippen molar-refractivity contribution in [2.24, 2.45) is 5.92 Å². The number of fused-ring (bicyclic) bond motifs is 1. The van der Waals surface area contributed by atoms with E-state index in [1.54, 1.807) is 4.90 Å². The van der Waals surface area contributed by atoms with Crippen molar-refractivity contribution < 1.29 is 19.1 Å². The first-order chi connectivity index (χ1) is 14.5. The van der Waals surface area contributed by atoms with Gasteiger partial charge in [-0.1, -0.05) is 42.5 Å². The van der Waals surface area contributed by atoms with Crippen LogP contribution in [0.3, 0.4) is 0 Å². The molecular weight excluding hydrogens is 378 g/mol. The predicted molar refractivity (Wildman–Crippen MR) is 113 cm³/mol. The van der Waals surface area contributed by atoms with Gasteiger partial charge < -0.3 is 9.64 Å². The van der Waals surface area contributed by atoms with Crippen LogP contribution in [0, 0.1) is 5.92 Å². The van der Waals surface area contributed by atoms with Crippen LogP contribution in [0.15, 0.2) is 48.5 Å². The molecule has 1 aliphatic carbocycles. The molecule has 1 heterocycles. The highest BCUT2D eigenvalue weighted by Gasteiger charge is 2.38. The summed E-state index contributed by atoms with van der Waals surface area (Å²) in [5.41, 5.74) is 4.16. The number of carbonyl (C=O) groups excluding carboxylic acids is 3. The van der Waals surface area contributed by atoms with Crippen LogP contribution in [0.5, 0.6) is 0 Å². The number of esters is 1. The highest BCUT2D eigenvalue weighted by molar-refractivity contribution is 5.98. The number of amides is 1. The predicted octanol–water partition coefficient (Wildman–Crippen LogP) is 3.90. The van der Waals surface area contributed by atoms with E-state index in [1.807, 2.05) is 55.5 Å². The smallest absolute Gasteiger partial charge is 0.311 e. The van der Waals surface area contributed by atoms with Crippen molar-refractivity contribution >= 4 is 17.7 Å². The summed E-state index contributed by atoms with van der Waals surface area (Å²) in [6, 6.07) is 15.4. The number of nitrogens with zero attached hydrogens (tertiary/aromatic N) is 1. The molecule has 0 bridgehead atoms. The van der Waals surface area contributed by atoms with Crippen molar-refractivity contribution in [1.82, 2.24) is 4.90 Å². The number of ketones is 1. The molecule has 156 valence electrons. The zero-order valence-corrected chi connectivity index (χ0v) is 17.3. The van der Waals surface area contributed by atoms with Gasteiger partial charge in [-0.3, -0.25) is 14.4 Å². The summed E-state index contributed by atoms with van der Waals surface area (Å²) in [5, 5.41) is 0. The number of likely N-dealkylation sites (tertiary alicyclic amines) is 1. The molecule has 0 saturated carbocycles. The lowest BCUT2D eigenvalue weighted by Gasteiger charge is -2.25. The molecule has 1 saturated heterocycles. The first-order valence-corrected chi connectivity index (χ1v) is 10.7. The molecule has 0 aromatic heterocycles. The third-order valence-electron chi connectivity index (χ3n) is 6.26. The Morgan fingerprint density at radius 2 is 1.80 bits per heavy atom. The van der Waals surface area contributed by atoms with Gasteiger partial charge in [0.1, 0.15) is 0 Å². The zero-order valence-electron chi connectivity index (χ0n) is 17.3. The highest BCUT2D eigenvalue weighted by atomic mass is 16.5. The van der Waals surface area contributed by atoms with Crippen molar-refractivity contribution in [3.8, 4) is 0 Å². The first kappa shape index (κ1) is 20.3. The average Bonchev–Trinajstić information content (AvgIpc) is 3.18. The van der Waals surface area contributed by atoms with Gasteiger partial charge in [-0.25, -0.2) is 0 Å². The van der Waals surface area contributed by atoms with Gasteiger partial charge in [0.05, 0.1) is 12.0 Å². The molecule has 0 radical (unpaired) electrons. The Morgan fingerprint density at radius 1 is 1.07 bits per heavy atom. The zero-order chi connectivity index (χ0) is 21.1. The maximum atomic E-state index is 12.5. The van der Waals surface area contributed by atoms with Crippen molar-refractivity contribution in [3.05, 3.63) is 70.8 Å². The highest BCUT2D eigenvalue weighted by Crippen LogP contribution is 2.29. The molecule has 0 unspecified atom stereocenters. The molecule has 2 atom stereocenters. The molecule has 1 amide bonds. The molecule has 30 heavy (non-hydrogen) atoms. The average molecular weight is 405 g/mol. The molecule has 4 rings (SSSR count). The Bertz CT molecular complexity index is 953. The number of ether oxygens (including phenoxy) is 1. The summed E-state index contributed by atoms with van der Waals surface area (Å²) in [7, 11) is 0. The maximum absolute atomic E-state index is 12.5. The lowest BCUT2D eigenvalue weighted by Crippen LogP contribution is -2.30. The van der Waals surface area contributed by atoms with Crippen molar-refractivity contribution in [2.75, 3.05) is 13.2 Å². The lowest BCUT2D eigenvalue weighted by atomic mass is 9.90. The minimum Gasteiger partial charge on any atom is -0.457 e. The molecule has 0 spiro atoms. The molecule has 2 aromatic carbocycles.